The number of rotatable bonds is 23. The molecule has 4 rings (SSSR count). The van der Waals surface area contributed by atoms with Crippen LogP contribution in [0.1, 0.15) is 95.9 Å². The van der Waals surface area contributed by atoms with Crippen LogP contribution in [-0.4, -0.2) is 72.7 Å². The summed E-state index contributed by atoms with van der Waals surface area (Å²) in [5, 5.41) is 12.3. The molecule has 0 heterocycles. The SMILES string of the molecule is Cc1cccc(C)c1NC(=O)CN(CCCCCCCCCCN(CC(=O)Nc1c(C)cccc1C)CC(=O)Nc1c(C)cccc1C)CC(=O)Nc1c(C)cccc1C. The summed E-state index contributed by atoms with van der Waals surface area (Å²) in [6, 6.07) is 23.8. The predicted molar refractivity (Wildman–Crippen MR) is 248 cm³/mol. The lowest BCUT2D eigenvalue weighted by Crippen LogP contribution is -2.39. The molecule has 322 valence electrons. The Morgan fingerprint density at radius 1 is 0.333 bits per heavy atom. The van der Waals surface area contributed by atoms with Gasteiger partial charge in [0.2, 0.25) is 23.6 Å². The molecular weight excluding hydrogens is 749 g/mol. The highest BCUT2D eigenvalue weighted by Crippen LogP contribution is 2.23. The number of carbonyl (C=O) groups is 4. The number of aryl methyl sites for hydroxylation is 8. The number of unbranched alkanes of at least 4 members (excludes halogenated alkanes) is 7. The van der Waals surface area contributed by atoms with Gasteiger partial charge in [0.15, 0.2) is 0 Å². The summed E-state index contributed by atoms with van der Waals surface area (Å²) in [6.45, 7) is 17.7. The summed E-state index contributed by atoms with van der Waals surface area (Å²) in [5.41, 5.74) is 11.4. The Balaban J connectivity index is 1.23. The zero-order chi connectivity index (χ0) is 43.6. The van der Waals surface area contributed by atoms with E-state index in [0.717, 1.165) is 119 Å². The van der Waals surface area contributed by atoms with E-state index >= 15 is 0 Å². The Bertz CT molecular complexity index is 1710. The minimum atomic E-state index is -0.130. The molecule has 0 unspecified atom stereocenters. The minimum absolute atomic E-state index is 0.130. The van der Waals surface area contributed by atoms with Crippen molar-refractivity contribution < 1.29 is 19.2 Å². The van der Waals surface area contributed by atoms with Crippen LogP contribution in [0.15, 0.2) is 72.8 Å². The summed E-state index contributed by atoms with van der Waals surface area (Å²) in [5.74, 6) is -0.519. The van der Waals surface area contributed by atoms with E-state index in [0.29, 0.717) is 13.1 Å². The number of carbonyl (C=O) groups excluding carboxylic acids is 4. The van der Waals surface area contributed by atoms with Crippen LogP contribution in [-0.2, 0) is 19.2 Å². The maximum atomic E-state index is 13.3. The lowest BCUT2D eigenvalue weighted by molar-refractivity contribution is -0.121. The molecule has 10 nitrogen and oxygen atoms in total. The van der Waals surface area contributed by atoms with Crippen molar-refractivity contribution in [1.29, 1.82) is 0 Å². The number of amides is 4. The summed E-state index contributed by atoms with van der Waals surface area (Å²) < 4.78 is 0. The van der Waals surface area contributed by atoms with Gasteiger partial charge < -0.3 is 21.3 Å². The zero-order valence-electron chi connectivity index (χ0n) is 37.4. The molecular formula is C50H68N6O4. The molecule has 0 spiro atoms. The molecule has 10 heteroatoms. The summed E-state index contributed by atoms with van der Waals surface area (Å²) in [6.07, 6.45) is 8.12. The van der Waals surface area contributed by atoms with E-state index < -0.39 is 0 Å². The first-order valence-corrected chi connectivity index (χ1v) is 21.6. The van der Waals surface area contributed by atoms with Crippen LogP contribution in [0.2, 0.25) is 0 Å². The second-order valence-corrected chi connectivity index (χ2v) is 16.5. The van der Waals surface area contributed by atoms with Crippen molar-refractivity contribution >= 4 is 46.4 Å². The third-order valence-electron chi connectivity index (χ3n) is 11.1. The molecule has 0 bridgehead atoms. The van der Waals surface area contributed by atoms with E-state index in [4.69, 9.17) is 0 Å². The van der Waals surface area contributed by atoms with Crippen LogP contribution in [0.3, 0.4) is 0 Å². The molecule has 0 fully saturated rings. The molecule has 0 saturated carbocycles. The molecule has 0 aliphatic rings. The monoisotopic (exact) mass is 817 g/mol. The molecule has 4 aromatic rings. The Hall–Kier alpha value is -5.32. The van der Waals surface area contributed by atoms with Gasteiger partial charge >= 0.3 is 0 Å². The van der Waals surface area contributed by atoms with Crippen LogP contribution in [0, 0.1) is 55.4 Å². The summed E-state index contributed by atoms with van der Waals surface area (Å²) >= 11 is 0. The molecule has 4 aromatic carbocycles. The minimum Gasteiger partial charge on any atom is -0.324 e. The van der Waals surface area contributed by atoms with Crippen LogP contribution in [0.5, 0.6) is 0 Å². The van der Waals surface area contributed by atoms with E-state index in [2.05, 4.69) is 21.3 Å². The lowest BCUT2D eigenvalue weighted by atomic mass is 10.1. The first kappa shape index (κ1) is 47.4. The average molecular weight is 817 g/mol. The van der Waals surface area contributed by atoms with Gasteiger partial charge in [-0.1, -0.05) is 111 Å². The van der Waals surface area contributed by atoms with Crippen molar-refractivity contribution in [3.05, 3.63) is 117 Å². The normalized spacial score (nSPS) is 11.2. The van der Waals surface area contributed by atoms with Gasteiger partial charge in [-0.05, 0) is 126 Å². The number of nitrogens with zero attached hydrogens (tertiary/aromatic N) is 2. The molecule has 0 atom stereocenters. The van der Waals surface area contributed by atoms with E-state index in [1.165, 1.54) is 0 Å². The highest BCUT2D eigenvalue weighted by atomic mass is 16.2. The molecule has 0 aromatic heterocycles. The van der Waals surface area contributed by atoms with Gasteiger partial charge in [-0.25, -0.2) is 0 Å². The van der Waals surface area contributed by atoms with Crippen molar-refractivity contribution in [3.8, 4) is 0 Å². The smallest absolute Gasteiger partial charge is 0.238 e. The van der Waals surface area contributed by atoms with Gasteiger partial charge in [-0.2, -0.15) is 0 Å². The van der Waals surface area contributed by atoms with E-state index in [9.17, 15) is 19.2 Å². The Labute approximate surface area is 358 Å². The van der Waals surface area contributed by atoms with Crippen molar-refractivity contribution in [1.82, 2.24) is 9.80 Å². The number of anilines is 4. The van der Waals surface area contributed by atoms with E-state index in [-0.39, 0.29) is 49.8 Å². The molecule has 4 amide bonds. The van der Waals surface area contributed by atoms with Crippen molar-refractivity contribution in [3.63, 3.8) is 0 Å². The highest BCUT2D eigenvalue weighted by molar-refractivity contribution is 5.97. The van der Waals surface area contributed by atoms with E-state index in [1.54, 1.807) is 0 Å². The first-order chi connectivity index (χ1) is 28.7. The fourth-order valence-electron chi connectivity index (χ4n) is 7.73. The fourth-order valence-corrected chi connectivity index (χ4v) is 7.73. The standard InChI is InChI=1S/C50H68N6O4/c1-35-21-17-22-36(2)47(35)51-43(57)31-55(32-44(58)52-48-37(3)23-18-24-38(48)4)29-15-13-11-9-10-12-14-16-30-56(33-45(59)53-49-39(5)25-19-26-40(49)6)34-46(60)54-50-41(7)27-20-28-42(50)8/h17-28H,9-16,29-34H2,1-8H3,(H,51,57)(H,52,58)(H,53,59)(H,54,60). The predicted octanol–water partition coefficient (Wildman–Crippen LogP) is 9.73. The fraction of sp³-hybridized carbons (Fsp3) is 0.440. The first-order valence-electron chi connectivity index (χ1n) is 21.6. The maximum Gasteiger partial charge on any atom is 0.238 e. The molecule has 0 aliphatic heterocycles. The average Bonchev–Trinajstić information content (AvgIpc) is 3.18. The number of para-hydroxylation sites is 4. The van der Waals surface area contributed by atoms with Gasteiger partial charge in [0, 0.05) is 22.7 Å². The molecule has 0 saturated heterocycles. The third kappa shape index (κ3) is 15.4. The quantitative estimate of drug-likeness (QED) is 0.0554. The number of hydrogen-bond acceptors (Lipinski definition) is 6. The van der Waals surface area contributed by atoms with Crippen LogP contribution in [0.25, 0.3) is 0 Å². The van der Waals surface area contributed by atoms with Gasteiger partial charge in [-0.15, -0.1) is 0 Å². The van der Waals surface area contributed by atoms with Gasteiger partial charge in [-0.3, -0.25) is 29.0 Å². The molecule has 0 aliphatic carbocycles. The second-order valence-electron chi connectivity index (χ2n) is 16.5. The highest BCUT2D eigenvalue weighted by Gasteiger charge is 2.19. The summed E-state index contributed by atoms with van der Waals surface area (Å²) in [7, 11) is 0. The Morgan fingerprint density at radius 2 is 0.517 bits per heavy atom. The molecule has 4 N–H and O–H groups in total. The largest absolute Gasteiger partial charge is 0.324 e. The third-order valence-corrected chi connectivity index (χ3v) is 11.1. The van der Waals surface area contributed by atoms with Gasteiger partial charge in [0.1, 0.15) is 0 Å². The number of benzene rings is 4. The molecule has 0 radical (unpaired) electrons. The van der Waals surface area contributed by atoms with Crippen LogP contribution < -0.4 is 21.3 Å². The second kappa shape index (κ2) is 24.1. The topological polar surface area (TPSA) is 123 Å². The zero-order valence-corrected chi connectivity index (χ0v) is 37.4. The number of nitrogens with one attached hydrogen (secondary N) is 4. The maximum absolute atomic E-state index is 13.3. The Kier molecular flexibility index (Phi) is 19.0. The number of hydrogen-bond donors (Lipinski definition) is 4. The van der Waals surface area contributed by atoms with Crippen molar-refractivity contribution in [2.24, 2.45) is 0 Å². The van der Waals surface area contributed by atoms with Crippen LogP contribution in [0.4, 0.5) is 22.7 Å². The van der Waals surface area contributed by atoms with E-state index in [1.807, 2.05) is 138 Å². The lowest BCUT2D eigenvalue weighted by Gasteiger charge is -2.23. The van der Waals surface area contributed by atoms with Crippen molar-refractivity contribution in [2.45, 2.75) is 107 Å². The van der Waals surface area contributed by atoms with Gasteiger partial charge in [0.05, 0.1) is 26.2 Å². The van der Waals surface area contributed by atoms with Crippen molar-refractivity contribution in [2.75, 3.05) is 60.5 Å². The van der Waals surface area contributed by atoms with Gasteiger partial charge in [0.25, 0.3) is 0 Å². The summed E-state index contributed by atoms with van der Waals surface area (Å²) in [4.78, 5) is 56.9. The Morgan fingerprint density at radius 3 is 0.717 bits per heavy atom. The van der Waals surface area contributed by atoms with Crippen LogP contribution >= 0.6 is 0 Å². The molecule has 60 heavy (non-hydrogen) atoms.